The molecule has 0 amide bonds. The zero-order chi connectivity index (χ0) is 11.0. The minimum atomic E-state index is 0.706. The third kappa shape index (κ3) is 1.68. The first-order valence-corrected chi connectivity index (χ1v) is 6.62. The van der Waals surface area contributed by atoms with Crippen LogP contribution in [0.25, 0.3) is 10.9 Å². The highest BCUT2D eigenvalue weighted by atomic mass is 79.9. The molecule has 1 aliphatic heterocycles. The van der Waals surface area contributed by atoms with E-state index in [4.69, 9.17) is 0 Å². The van der Waals surface area contributed by atoms with E-state index in [1.807, 2.05) is 6.20 Å². The number of benzene rings is 1. The number of hydrogen-bond donors (Lipinski definition) is 2. The van der Waals surface area contributed by atoms with Crippen molar-refractivity contribution < 1.29 is 0 Å². The number of nitrogens with one attached hydrogen (secondary N) is 2. The van der Waals surface area contributed by atoms with Crippen molar-refractivity contribution in [3.8, 4) is 0 Å². The second-order valence-electron chi connectivity index (χ2n) is 4.43. The Morgan fingerprint density at radius 2 is 2.00 bits per heavy atom. The molecule has 0 saturated carbocycles. The van der Waals surface area contributed by atoms with Crippen LogP contribution in [0.4, 0.5) is 0 Å². The van der Waals surface area contributed by atoms with E-state index in [2.05, 4.69) is 44.4 Å². The number of aromatic amines is 1. The second kappa shape index (κ2) is 4.22. The smallest absolute Gasteiger partial charge is 0.0468 e. The summed E-state index contributed by atoms with van der Waals surface area (Å²) in [4.78, 5) is 3.30. The van der Waals surface area contributed by atoms with Gasteiger partial charge in [-0.05, 0) is 59.4 Å². The van der Waals surface area contributed by atoms with Gasteiger partial charge in [0.2, 0.25) is 0 Å². The lowest BCUT2D eigenvalue weighted by Gasteiger charge is -2.23. The molecule has 1 fully saturated rings. The molecule has 1 aromatic carbocycles. The molecule has 3 heteroatoms. The van der Waals surface area contributed by atoms with Gasteiger partial charge >= 0.3 is 0 Å². The summed E-state index contributed by atoms with van der Waals surface area (Å²) in [5, 5.41) is 4.79. The highest BCUT2D eigenvalue weighted by Gasteiger charge is 2.18. The third-order valence-electron chi connectivity index (χ3n) is 3.47. The standard InChI is InChI=1S/C13H15BrN2/c14-11-8-16-12-3-1-2-10(13(11)12)9-4-6-15-7-5-9/h1-3,8-9,15-16H,4-7H2. The highest BCUT2D eigenvalue weighted by molar-refractivity contribution is 9.10. The van der Waals surface area contributed by atoms with Crippen LogP contribution < -0.4 is 5.32 Å². The van der Waals surface area contributed by atoms with Crippen molar-refractivity contribution in [3.05, 3.63) is 34.4 Å². The van der Waals surface area contributed by atoms with Crippen LogP contribution in [0.5, 0.6) is 0 Å². The lowest BCUT2D eigenvalue weighted by molar-refractivity contribution is 0.462. The van der Waals surface area contributed by atoms with E-state index in [-0.39, 0.29) is 0 Å². The largest absolute Gasteiger partial charge is 0.360 e. The maximum Gasteiger partial charge on any atom is 0.0468 e. The summed E-state index contributed by atoms with van der Waals surface area (Å²) in [6.07, 6.45) is 4.53. The number of hydrogen-bond acceptors (Lipinski definition) is 1. The van der Waals surface area contributed by atoms with E-state index in [0.29, 0.717) is 5.92 Å². The highest BCUT2D eigenvalue weighted by Crippen LogP contribution is 2.35. The summed E-state index contributed by atoms with van der Waals surface area (Å²) in [6.45, 7) is 2.28. The summed E-state index contributed by atoms with van der Waals surface area (Å²) in [5.74, 6) is 0.706. The summed E-state index contributed by atoms with van der Waals surface area (Å²) in [7, 11) is 0. The maximum atomic E-state index is 3.64. The molecule has 2 heterocycles. The van der Waals surface area contributed by atoms with Crippen LogP contribution >= 0.6 is 15.9 Å². The fourth-order valence-corrected chi connectivity index (χ4v) is 3.20. The Morgan fingerprint density at radius 1 is 1.19 bits per heavy atom. The van der Waals surface area contributed by atoms with Gasteiger partial charge in [-0.1, -0.05) is 12.1 Å². The normalized spacial score (nSPS) is 18.1. The molecule has 1 saturated heterocycles. The van der Waals surface area contributed by atoms with Gasteiger partial charge < -0.3 is 10.3 Å². The van der Waals surface area contributed by atoms with E-state index >= 15 is 0 Å². The van der Waals surface area contributed by atoms with Crippen molar-refractivity contribution >= 4 is 26.8 Å². The van der Waals surface area contributed by atoms with Gasteiger partial charge in [-0.3, -0.25) is 0 Å². The fraction of sp³-hybridized carbons (Fsp3) is 0.385. The van der Waals surface area contributed by atoms with E-state index in [9.17, 15) is 0 Å². The summed E-state index contributed by atoms with van der Waals surface area (Å²) < 4.78 is 1.19. The lowest BCUT2D eigenvalue weighted by Crippen LogP contribution is -2.26. The molecule has 1 aromatic heterocycles. The molecule has 2 aromatic rings. The number of fused-ring (bicyclic) bond motifs is 1. The molecular weight excluding hydrogens is 264 g/mol. The van der Waals surface area contributed by atoms with Crippen LogP contribution in [-0.4, -0.2) is 18.1 Å². The zero-order valence-electron chi connectivity index (χ0n) is 9.09. The lowest BCUT2D eigenvalue weighted by atomic mass is 9.88. The minimum absolute atomic E-state index is 0.706. The number of halogens is 1. The maximum absolute atomic E-state index is 3.64. The Kier molecular flexibility index (Phi) is 2.74. The molecule has 0 spiro atoms. The van der Waals surface area contributed by atoms with Crippen LogP contribution in [0.15, 0.2) is 28.9 Å². The van der Waals surface area contributed by atoms with Gasteiger partial charge in [0.15, 0.2) is 0 Å². The predicted molar refractivity (Wildman–Crippen MR) is 70.8 cm³/mol. The predicted octanol–water partition coefficient (Wildman–Crippen LogP) is 3.40. The van der Waals surface area contributed by atoms with Crippen molar-refractivity contribution in [2.45, 2.75) is 18.8 Å². The molecule has 0 atom stereocenters. The first kappa shape index (κ1) is 10.4. The van der Waals surface area contributed by atoms with Crippen LogP contribution in [0.2, 0.25) is 0 Å². The SMILES string of the molecule is Brc1c[nH]c2cccc(C3CCNCC3)c12. The molecule has 0 bridgehead atoms. The molecule has 84 valence electrons. The van der Waals surface area contributed by atoms with Crippen LogP contribution in [-0.2, 0) is 0 Å². The first-order chi connectivity index (χ1) is 7.86. The Bertz CT molecular complexity index is 498. The van der Waals surface area contributed by atoms with E-state index in [1.54, 1.807) is 0 Å². The molecule has 2 N–H and O–H groups in total. The van der Waals surface area contributed by atoms with Gasteiger partial charge in [0, 0.05) is 21.6 Å². The molecule has 1 aliphatic rings. The van der Waals surface area contributed by atoms with Crippen molar-refractivity contribution in [2.75, 3.05) is 13.1 Å². The average Bonchev–Trinajstić information content (AvgIpc) is 2.73. The fourth-order valence-electron chi connectivity index (χ4n) is 2.64. The van der Waals surface area contributed by atoms with Crippen molar-refractivity contribution in [1.29, 1.82) is 0 Å². The molecule has 3 rings (SSSR count). The molecule has 2 nitrogen and oxygen atoms in total. The van der Waals surface area contributed by atoms with Gasteiger partial charge in [0.25, 0.3) is 0 Å². The Balaban J connectivity index is 2.10. The van der Waals surface area contributed by atoms with E-state index in [0.717, 1.165) is 13.1 Å². The molecule has 16 heavy (non-hydrogen) atoms. The Morgan fingerprint density at radius 3 is 2.81 bits per heavy atom. The topological polar surface area (TPSA) is 27.8 Å². The quantitative estimate of drug-likeness (QED) is 0.822. The first-order valence-electron chi connectivity index (χ1n) is 5.82. The summed E-state index contributed by atoms with van der Waals surface area (Å²) >= 11 is 3.64. The summed E-state index contributed by atoms with van der Waals surface area (Å²) in [5.41, 5.74) is 2.73. The number of rotatable bonds is 1. The van der Waals surface area contributed by atoms with Crippen LogP contribution in [0.3, 0.4) is 0 Å². The van der Waals surface area contributed by atoms with Gasteiger partial charge in [-0.2, -0.15) is 0 Å². The van der Waals surface area contributed by atoms with Gasteiger partial charge in [0.05, 0.1) is 0 Å². The van der Waals surface area contributed by atoms with Crippen molar-refractivity contribution in [2.24, 2.45) is 0 Å². The van der Waals surface area contributed by atoms with Crippen LogP contribution in [0.1, 0.15) is 24.3 Å². The summed E-state index contributed by atoms with van der Waals surface area (Å²) in [6, 6.07) is 6.57. The number of piperidine rings is 1. The van der Waals surface area contributed by atoms with Gasteiger partial charge in [-0.15, -0.1) is 0 Å². The van der Waals surface area contributed by atoms with E-state index < -0.39 is 0 Å². The van der Waals surface area contributed by atoms with Gasteiger partial charge in [-0.25, -0.2) is 0 Å². The molecule has 0 unspecified atom stereocenters. The average molecular weight is 279 g/mol. The monoisotopic (exact) mass is 278 g/mol. The molecule has 0 radical (unpaired) electrons. The second-order valence-corrected chi connectivity index (χ2v) is 5.29. The van der Waals surface area contributed by atoms with Crippen molar-refractivity contribution in [3.63, 3.8) is 0 Å². The number of aromatic nitrogens is 1. The molecule has 0 aliphatic carbocycles. The van der Waals surface area contributed by atoms with Crippen molar-refractivity contribution in [1.82, 2.24) is 10.3 Å². The van der Waals surface area contributed by atoms with Crippen LogP contribution in [0, 0.1) is 0 Å². The molecular formula is C13H15BrN2. The van der Waals surface area contributed by atoms with E-state index in [1.165, 1.54) is 33.8 Å². The zero-order valence-corrected chi connectivity index (χ0v) is 10.7. The van der Waals surface area contributed by atoms with Gasteiger partial charge in [0.1, 0.15) is 0 Å². The number of H-pyrrole nitrogens is 1. The Hall–Kier alpha value is -0.800. The third-order valence-corrected chi connectivity index (χ3v) is 4.09. The Labute approximate surface area is 104 Å². The minimum Gasteiger partial charge on any atom is -0.360 e.